The minimum atomic E-state index is 0.730. The molecule has 3 rings (SSSR count). The van der Waals surface area contributed by atoms with Gasteiger partial charge in [0.1, 0.15) is 12.2 Å². The van der Waals surface area contributed by atoms with Crippen molar-refractivity contribution in [2.45, 2.75) is 12.8 Å². The van der Waals surface area contributed by atoms with E-state index >= 15 is 0 Å². The number of benzene rings is 1. The fourth-order valence-electron chi connectivity index (χ4n) is 1.92. The molecule has 0 aliphatic heterocycles. The van der Waals surface area contributed by atoms with E-state index in [0.29, 0.717) is 0 Å². The quantitative estimate of drug-likeness (QED) is 0.407. The zero-order valence-corrected chi connectivity index (χ0v) is 10.3. The number of H-pyrrole nitrogens is 2. The molecular weight excluding hydrogens is 242 g/mol. The first-order valence-electron chi connectivity index (χ1n) is 6.14. The fraction of sp³-hybridized carbons (Fsp3) is 0.250. The monoisotopic (exact) mass is 257 g/mol. The Morgan fingerprint density at radius 3 is 3.11 bits per heavy atom. The number of aryl methyl sites for hydroxylation is 1. The molecule has 19 heavy (non-hydrogen) atoms. The van der Waals surface area contributed by atoms with Crippen LogP contribution in [0, 0.1) is 0 Å². The predicted octanol–water partition coefficient (Wildman–Crippen LogP) is 1.31. The summed E-state index contributed by atoms with van der Waals surface area (Å²) in [6, 6.07) is 5.62. The molecule has 0 radical (unpaired) electrons. The molecule has 0 bridgehead atoms. The number of hydrogen-bond donors (Lipinski definition) is 4. The Labute approximate surface area is 109 Å². The van der Waals surface area contributed by atoms with Gasteiger partial charge in [0.2, 0.25) is 5.95 Å². The Hall–Kier alpha value is -2.57. The number of rotatable bonds is 5. The highest BCUT2D eigenvalue weighted by Crippen LogP contribution is 2.16. The molecule has 0 saturated heterocycles. The van der Waals surface area contributed by atoms with Gasteiger partial charge in [-0.2, -0.15) is 5.10 Å². The number of hydrogen-bond acceptors (Lipinski definition) is 5. The zero-order valence-electron chi connectivity index (χ0n) is 10.3. The molecule has 7 nitrogen and oxygen atoms in total. The molecule has 5 N–H and O–H groups in total. The molecule has 0 aliphatic rings. The molecule has 0 fully saturated rings. The molecule has 3 aromatic rings. The largest absolute Gasteiger partial charge is 0.399 e. The third kappa shape index (κ3) is 2.65. The lowest BCUT2D eigenvalue weighted by Crippen LogP contribution is -2.04. The minimum absolute atomic E-state index is 0.730. The van der Waals surface area contributed by atoms with E-state index in [9.17, 15) is 0 Å². The van der Waals surface area contributed by atoms with Crippen LogP contribution in [0.2, 0.25) is 0 Å². The molecule has 0 saturated carbocycles. The maximum Gasteiger partial charge on any atom is 0.201 e. The summed E-state index contributed by atoms with van der Waals surface area (Å²) < 4.78 is 0. The van der Waals surface area contributed by atoms with Gasteiger partial charge < -0.3 is 16.0 Å². The summed E-state index contributed by atoms with van der Waals surface area (Å²) in [7, 11) is 0. The second-order valence-electron chi connectivity index (χ2n) is 4.32. The Morgan fingerprint density at radius 2 is 2.26 bits per heavy atom. The summed E-state index contributed by atoms with van der Waals surface area (Å²) in [6.45, 7) is 0.815. The van der Waals surface area contributed by atoms with E-state index in [1.807, 2.05) is 18.2 Å². The van der Waals surface area contributed by atoms with E-state index in [1.54, 1.807) is 0 Å². The van der Waals surface area contributed by atoms with Crippen LogP contribution in [0.3, 0.4) is 0 Å². The number of anilines is 2. The molecule has 0 spiro atoms. The van der Waals surface area contributed by atoms with Crippen LogP contribution in [-0.2, 0) is 6.42 Å². The molecule has 0 aliphatic carbocycles. The number of nitrogens with zero attached hydrogens (tertiary/aromatic N) is 3. The van der Waals surface area contributed by atoms with Gasteiger partial charge in [0.25, 0.3) is 0 Å². The van der Waals surface area contributed by atoms with E-state index in [4.69, 9.17) is 5.73 Å². The summed E-state index contributed by atoms with van der Waals surface area (Å²) in [5.41, 5.74) is 8.31. The molecule has 2 heterocycles. The van der Waals surface area contributed by atoms with E-state index in [2.05, 4.69) is 30.5 Å². The van der Waals surface area contributed by atoms with Crippen molar-refractivity contribution >= 4 is 22.7 Å². The van der Waals surface area contributed by atoms with E-state index in [1.165, 1.54) is 6.33 Å². The van der Waals surface area contributed by atoms with E-state index < -0.39 is 0 Å². The highest BCUT2D eigenvalue weighted by atomic mass is 15.2. The standard InChI is InChI=1S/C12H15N7/c13-8-3-4-9-10(6-8)18-12(17-9)14-5-1-2-11-15-7-16-19-11/h3-4,6-7H,1-2,5,13H2,(H2,14,17,18)(H,15,16,19). The van der Waals surface area contributed by atoms with Crippen molar-refractivity contribution in [3.05, 3.63) is 30.4 Å². The van der Waals surface area contributed by atoms with Crippen LogP contribution in [0.15, 0.2) is 24.5 Å². The summed E-state index contributed by atoms with van der Waals surface area (Å²) in [5, 5.41) is 9.89. The number of nitrogens with two attached hydrogens (primary N) is 1. The van der Waals surface area contributed by atoms with Gasteiger partial charge in [-0.25, -0.2) is 9.97 Å². The minimum Gasteiger partial charge on any atom is -0.399 e. The molecule has 1 aromatic carbocycles. The van der Waals surface area contributed by atoms with E-state index in [0.717, 1.165) is 47.9 Å². The van der Waals surface area contributed by atoms with Crippen molar-refractivity contribution in [3.8, 4) is 0 Å². The van der Waals surface area contributed by atoms with Gasteiger partial charge in [-0.15, -0.1) is 0 Å². The Bertz CT molecular complexity index is 656. The Balaban J connectivity index is 1.56. The first kappa shape index (κ1) is 11.5. The third-order valence-corrected chi connectivity index (χ3v) is 2.85. The maximum atomic E-state index is 5.72. The zero-order chi connectivity index (χ0) is 13.1. The van der Waals surface area contributed by atoms with Crippen LogP contribution in [0.5, 0.6) is 0 Å². The summed E-state index contributed by atoms with van der Waals surface area (Å²) >= 11 is 0. The van der Waals surface area contributed by atoms with Crippen molar-refractivity contribution in [2.24, 2.45) is 0 Å². The summed E-state index contributed by atoms with van der Waals surface area (Å²) in [5.74, 6) is 1.66. The Kier molecular flexibility index (Phi) is 3.01. The van der Waals surface area contributed by atoms with Gasteiger partial charge in [-0.05, 0) is 24.6 Å². The topological polar surface area (TPSA) is 108 Å². The molecule has 0 unspecified atom stereocenters. The van der Waals surface area contributed by atoms with Crippen molar-refractivity contribution < 1.29 is 0 Å². The first-order valence-corrected chi connectivity index (χ1v) is 6.14. The van der Waals surface area contributed by atoms with E-state index in [-0.39, 0.29) is 0 Å². The number of aromatic nitrogens is 5. The lowest BCUT2D eigenvalue weighted by molar-refractivity contribution is 0.802. The van der Waals surface area contributed by atoms with Crippen LogP contribution in [0.4, 0.5) is 11.6 Å². The van der Waals surface area contributed by atoms with Crippen LogP contribution >= 0.6 is 0 Å². The van der Waals surface area contributed by atoms with Crippen molar-refractivity contribution in [2.75, 3.05) is 17.6 Å². The molecule has 0 atom stereocenters. The highest BCUT2D eigenvalue weighted by Gasteiger charge is 2.02. The maximum absolute atomic E-state index is 5.72. The molecule has 0 amide bonds. The third-order valence-electron chi connectivity index (χ3n) is 2.85. The SMILES string of the molecule is Nc1ccc2nc(NCCCc3ncn[nH]3)[nH]c2c1. The van der Waals surface area contributed by atoms with Crippen LogP contribution in [0.25, 0.3) is 11.0 Å². The Morgan fingerprint density at radius 1 is 1.32 bits per heavy atom. The normalized spacial score (nSPS) is 10.9. The average Bonchev–Trinajstić information content (AvgIpc) is 3.02. The summed E-state index contributed by atoms with van der Waals surface area (Å²) in [6.07, 6.45) is 3.33. The van der Waals surface area contributed by atoms with Gasteiger partial charge in [0.15, 0.2) is 0 Å². The van der Waals surface area contributed by atoms with Crippen LogP contribution < -0.4 is 11.1 Å². The molecule has 98 valence electrons. The van der Waals surface area contributed by atoms with Gasteiger partial charge in [0, 0.05) is 18.7 Å². The van der Waals surface area contributed by atoms with Gasteiger partial charge in [-0.3, -0.25) is 5.10 Å². The fourth-order valence-corrected chi connectivity index (χ4v) is 1.92. The number of nitrogens with one attached hydrogen (secondary N) is 3. The number of nitrogen functional groups attached to an aromatic ring is 1. The van der Waals surface area contributed by atoms with Gasteiger partial charge in [-0.1, -0.05) is 0 Å². The smallest absolute Gasteiger partial charge is 0.201 e. The molecule has 7 heteroatoms. The van der Waals surface area contributed by atoms with Crippen molar-refractivity contribution in [1.82, 2.24) is 25.1 Å². The lowest BCUT2D eigenvalue weighted by atomic mass is 10.3. The highest BCUT2D eigenvalue weighted by molar-refractivity contribution is 5.80. The van der Waals surface area contributed by atoms with Gasteiger partial charge >= 0.3 is 0 Å². The van der Waals surface area contributed by atoms with Crippen LogP contribution in [-0.4, -0.2) is 31.7 Å². The predicted molar refractivity (Wildman–Crippen MR) is 73.7 cm³/mol. The average molecular weight is 257 g/mol. The number of fused-ring (bicyclic) bond motifs is 1. The van der Waals surface area contributed by atoms with Crippen molar-refractivity contribution in [1.29, 1.82) is 0 Å². The van der Waals surface area contributed by atoms with Gasteiger partial charge in [0.05, 0.1) is 11.0 Å². The van der Waals surface area contributed by atoms with Crippen molar-refractivity contribution in [3.63, 3.8) is 0 Å². The second kappa shape index (κ2) is 4.97. The summed E-state index contributed by atoms with van der Waals surface area (Å²) in [4.78, 5) is 11.7. The molecule has 2 aromatic heterocycles. The van der Waals surface area contributed by atoms with Crippen LogP contribution in [0.1, 0.15) is 12.2 Å². The lowest BCUT2D eigenvalue weighted by Gasteiger charge is -2.00. The number of aromatic amines is 2. The molecular formula is C12H15N7. The number of imidazole rings is 1. The first-order chi connectivity index (χ1) is 9.31. The second-order valence-corrected chi connectivity index (χ2v) is 4.32.